The molecule has 1 aliphatic carbocycles. The van der Waals surface area contributed by atoms with Gasteiger partial charge in [-0.3, -0.25) is 9.59 Å². The van der Waals surface area contributed by atoms with Crippen LogP contribution in [0.1, 0.15) is 48.2 Å². The molecule has 0 saturated carbocycles. The lowest BCUT2D eigenvalue weighted by molar-refractivity contribution is -0.137. The van der Waals surface area contributed by atoms with Gasteiger partial charge in [-0.25, -0.2) is 4.39 Å². The second-order valence-electron chi connectivity index (χ2n) is 11.6. The van der Waals surface area contributed by atoms with Gasteiger partial charge in [0.25, 0.3) is 5.56 Å². The van der Waals surface area contributed by atoms with E-state index in [2.05, 4.69) is 23.7 Å². The Morgan fingerprint density at radius 1 is 0.915 bits per heavy atom. The van der Waals surface area contributed by atoms with Crippen LogP contribution >= 0.6 is 11.8 Å². The highest BCUT2D eigenvalue weighted by molar-refractivity contribution is 7.98. The largest absolute Gasteiger partial charge is 0.416 e. The first-order valence-corrected chi connectivity index (χ1v) is 16.8. The van der Waals surface area contributed by atoms with Gasteiger partial charge in [-0.1, -0.05) is 80.2 Å². The normalized spacial score (nSPS) is 12.8. The van der Waals surface area contributed by atoms with Crippen LogP contribution in [0.5, 0.6) is 0 Å². The first-order valence-electron chi connectivity index (χ1n) is 15.8. The van der Waals surface area contributed by atoms with Gasteiger partial charge < -0.3 is 14.4 Å². The number of carbonyl (C=O) groups is 1. The van der Waals surface area contributed by atoms with E-state index in [0.29, 0.717) is 54.3 Å². The fraction of sp³-hybridized carbons (Fsp3) is 0.361. The van der Waals surface area contributed by atoms with Crippen molar-refractivity contribution in [3.05, 3.63) is 117 Å². The minimum atomic E-state index is -4.39. The predicted octanol–water partition coefficient (Wildman–Crippen LogP) is 7.22. The van der Waals surface area contributed by atoms with Crippen molar-refractivity contribution in [2.75, 3.05) is 26.2 Å². The molecule has 0 atom stereocenters. The Balaban J connectivity index is 1.38. The van der Waals surface area contributed by atoms with Gasteiger partial charge >= 0.3 is 6.18 Å². The SMILES string of the molecule is CCN(CC)CCN(Cc1ccc(-c2ccc(C(F)(F)F)cc2)cc1)C(=O)Cn1c(SCc2ccccc2F)nc(=O)c2c1CCC2. The van der Waals surface area contributed by atoms with Gasteiger partial charge in [-0.15, -0.1) is 0 Å². The molecular weight excluding hydrogens is 628 g/mol. The molecule has 6 nitrogen and oxygen atoms in total. The van der Waals surface area contributed by atoms with Crippen molar-refractivity contribution in [2.45, 2.75) is 63.3 Å². The number of thioether (sulfide) groups is 1. The van der Waals surface area contributed by atoms with Crippen LogP contribution in [0.15, 0.2) is 82.7 Å². The summed E-state index contributed by atoms with van der Waals surface area (Å²) in [5.74, 6) is -0.197. The van der Waals surface area contributed by atoms with Crippen LogP contribution in [0, 0.1) is 5.82 Å². The number of nitrogens with zero attached hydrogens (tertiary/aromatic N) is 4. The highest BCUT2D eigenvalue weighted by atomic mass is 32.2. The molecule has 1 amide bonds. The smallest absolute Gasteiger partial charge is 0.336 e. The van der Waals surface area contributed by atoms with E-state index in [1.54, 1.807) is 23.1 Å². The number of amides is 1. The summed E-state index contributed by atoms with van der Waals surface area (Å²) in [4.78, 5) is 35.4. The molecule has 0 unspecified atom stereocenters. The third kappa shape index (κ3) is 8.50. The monoisotopic (exact) mass is 666 g/mol. The fourth-order valence-electron chi connectivity index (χ4n) is 5.82. The molecule has 0 saturated heterocycles. The van der Waals surface area contributed by atoms with Crippen molar-refractivity contribution < 1.29 is 22.4 Å². The maximum atomic E-state index is 14.4. The molecule has 0 aliphatic heterocycles. The summed E-state index contributed by atoms with van der Waals surface area (Å²) in [7, 11) is 0. The van der Waals surface area contributed by atoms with Crippen molar-refractivity contribution >= 4 is 17.7 Å². The third-order valence-corrected chi connectivity index (χ3v) is 9.64. The quantitative estimate of drug-likeness (QED) is 0.0857. The van der Waals surface area contributed by atoms with E-state index in [9.17, 15) is 27.2 Å². The highest BCUT2D eigenvalue weighted by Gasteiger charge is 2.30. The first kappa shape index (κ1) is 34.4. The van der Waals surface area contributed by atoms with Gasteiger partial charge in [0.05, 0.1) is 5.56 Å². The molecule has 5 rings (SSSR count). The lowest BCUT2D eigenvalue weighted by Gasteiger charge is -2.28. The summed E-state index contributed by atoms with van der Waals surface area (Å²) in [5, 5.41) is 0.400. The number of alkyl halides is 3. The fourth-order valence-corrected chi connectivity index (χ4v) is 6.82. The van der Waals surface area contributed by atoms with E-state index in [1.165, 1.54) is 30.0 Å². The minimum Gasteiger partial charge on any atom is -0.336 e. The molecule has 1 aromatic heterocycles. The summed E-state index contributed by atoms with van der Waals surface area (Å²) >= 11 is 1.25. The molecule has 47 heavy (non-hydrogen) atoms. The topological polar surface area (TPSA) is 58.4 Å². The molecule has 0 N–H and O–H groups in total. The van der Waals surface area contributed by atoms with Crippen molar-refractivity contribution in [2.24, 2.45) is 0 Å². The van der Waals surface area contributed by atoms with E-state index in [0.717, 1.165) is 48.5 Å². The summed E-state index contributed by atoms with van der Waals surface area (Å²) in [6.07, 6.45) is -2.31. The average molecular weight is 667 g/mol. The maximum Gasteiger partial charge on any atom is 0.416 e. The second kappa shape index (κ2) is 15.3. The summed E-state index contributed by atoms with van der Waals surface area (Å²) in [6, 6.07) is 19.0. The Morgan fingerprint density at radius 3 is 2.21 bits per heavy atom. The van der Waals surface area contributed by atoms with E-state index in [4.69, 9.17) is 0 Å². The molecule has 0 spiro atoms. The molecule has 4 aromatic rings. The molecule has 3 aromatic carbocycles. The summed E-state index contributed by atoms with van der Waals surface area (Å²) < 4.78 is 55.3. The van der Waals surface area contributed by atoms with Crippen LogP contribution in [0.2, 0.25) is 0 Å². The number of halogens is 4. The van der Waals surface area contributed by atoms with Crippen LogP contribution in [0.25, 0.3) is 11.1 Å². The number of benzene rings is 3. The van der Waals surface area contributed by atoms with Gasteiger partial charge in [0.2, 0.25) is 5.91 Å². The van der Waals surface area contributed by atoms with Gasteiger partial charge in [-0.05, 0) is 72.8 Å². The third-order valence-electron chi connectivity index (χ3n) is 8.61. The standard InChI is InChI=1S/C36H38F4N4O2S/c1-3-42(4-2)20-21-43(22-25-12-14-26(15-13-25)27-16-18-29(19-17-27)36(38,39)40)33(45)23-44-32-11-7-9-30(32)34(46)41-35(44)47-24-28-8-5-6-10-31(28)37/h5-6,8,10,12-19H,3-4,7,9,11,20-24H2,1-2H3. The molecular formula is C36H38F4N4O2S. The number of hydrogen-bond acceptors (Lipinski definition) is 5. The molecule has 11 heteroatoms. The average Bonchev–Trinajstić information content (AvgIpc) is 3.57. The Bertz CT molecular complexity index is 1740. The first-order chi connectivity index (χ1) is 22.6. The predicted molar refractivity (Wildman–Crippen MR) is 177 cm³/mol. The second-order valence-corrected chi connectivity index (χ2v) is 12.5. The van der Waals surface area contributed by atoms with E-state index < -0.39 is 11.7 Å². The van der Waals surface area contributed by atoms with Crippen LogP contribution in [-0.2, 0) is 42.7 Å². The zero-order chi connectivity index (χ0) is 33.6. The molecule has 1 aliphatic rings. The van der Waals surface area contributed by atoms with Crippen molar-refractivity contribution in [1.29, 1.82) is 0 Å². The Labute approximate surface area is 276 Å². The summed E-state index contributed by atoms with van der Waals surface area (Å²) in [6.45, 7) is 7.32. The highest BCUT2D eigenvalue weighted by Crippen LogP contribution is 2.31. The Kier molecular flexibility index (Phi) is 11.2. The van der Waals surface area contributed by atoms with E-state index in [-0.39, 0.29) is 29.6 Å². The van der Waals surface area contributed by atoms with Gasteiger partial charge in [0.1, 0.15) is 12.4 Å². The molecule has 0 radical (unpaired) electrons. The summed E-state index contributed by atoms with van der Waals surface area (Å²) in [5.41, 5.74) is 3.28. The van der Waals surface area contributed by atoms with Gasteiger partial charge in [0, 0.05) is 36.6 Å². The number of carbonyl (C=O) groups excluding carboxylic acids is 1. The van der Waals surface area contributed by atoms with Crippen molar-refractivity contribution in [3.8, 4) is 11.1 Å². The van der Waals surface area contributed by atoms with Crippen LogP contribution < -0.4 is 5.56 Å². The van der Waals surface area contributed by atoms with E-state index >= 15 is 0 Å². The zero-order valence-electron chi connectivity index (χ0n) is 26.5. The van der Waals surface area contributed by atoms with Crippen molar-refractivity contribution in [1.82, 2.24) is 19.4 Å². The number of hydrogen-bond donors (Lipinski definition) is 0. The lowest BCUT2D eigenvalue weighted by Crippen LogP contribution is -2.40. The lowest BCUT2D eigenvalue weighted by atomic mass is 10.0. The zero-order valence-corrected chi connectivity index (χ0v) is 27.3. The van der Waals surface area contributed by atoms with Crippen LogP contribution in [0.4, 0.5) is 17.6 Å². The molecule has 0 bridgehead atoms. The van der Waals surface area contributed by atoms with E-state index in [1.807, 2.05) is 28.8 Å². The van der Waals surface area contributed by atoms with Gasteiger partial charge in [0.15, 0.2) is 5.16 Å². The van der Waals surface area contributed by atoms with Crippen LogP contribution in [0.3, 0.4) is 0 Å². The molecule has 0 fully saturated rings. The minimum absolute atomic E-state index is 0.00287. The molecule has 248 valence electrons. The number of fused-ring (bicyclic) bond motifs is 1. The number of likely N-dealkylation sites (N-methyl/N-ethyl adjacent to an activating group) is 1. The molecule has 1 heterocycles. The number of rotatable bonds is 13. The van der Waals surface area contributed by atoms with Crippen LogP contribution in [-0.4, -0.2) is 51.4 Å². The maximum absolute atomic E-state index is 14.4. The number of aromatic nitrogens is 2. The van der Waals surface area contributed by atoms with Gasteiger partial charge in [-0.2, -0.15) is 18.2 Å². The Hall–Kier alpha value is -3.96. The van der Waals surface area contributed by atoms with Crippen molar-refractivity contribution in [3.63, 3.8) is 0 Å². The Morgan fingerprint density at radius 2 is 1.57 bits per heavy atom.